The van der Waals surface area contributed by atoms with E-state index in [0.717, 1.165) is 12.0 Å². The summed E-state index contributed by atoms with van der Waals surface area (Å²) in [6, 6.07) is 0. The van der Waals surface area contributed by atoms with Gasteiger partial charge >= 0.3 is 59.1 Å². The van der Waals surface area contributed by atoms with Gasteiger partial charge in [-0.15, -0.1) is 6.58 Å². The Morgan fingerprint density at radius 1 is 0.700 bits per heavy atom. The minimum Gasteiger partial charge on any atom is -0.726 e. The first-order chi connectivity index (χ1) is 41.4. The molecule has 0 aromatic heterocycles. The fourth-order valence-corrected chi connectivity index (χ4v) is 17.7. The minimum atomic E-state index is -5.19. The molecule has 25 nitrogen and oxygen atoms in total. The molecule has 12 fully saturated rings. The van der Waals surface area contributed by atoms with Gasteiger partial charge in [-0.2, -0.15) is 0 Å². The van der Waals surface area contributed by atoms with Crippen molar-refractivity contribution in [3.8, 4) is 0 Å². The molecule has 0 aromatic carbocycles. The van der Waals surface area contributed by atoms with Gasteiger partial charge in [-0.3, -0.25) is 8.37 Å². The SMILES string of the molecule is C=CCC(=C)/C=C/[C@@](C)(O)C1OC2CC3OC4CC5OC6CC7OC8CC9OC%10CC%11O[C@](C)(CCCOS(=O)(=O)[O-])C(OS(=O)(=O)[O-])CC%11OC%10CC9OC8CC[C@@]7(C)O[C@@]6(C)CC[C@H](C)C5OC4C(O[C@H]4O[C@@H](CO)C(O)C4O)[C@@]3(C)OC2CC1=C.[Na+].[Na+]. The second-order valence-corrected chi connectivity index (χ2v) is 30.2. The standard InChI is InChI=1S/C61H92O25S2.2Na/c1-10-12-30(2)13-17-57(5,65)54-32(4)21-41-40(79-54)27-49-61(9,84-41)55(82-56-51(64)50(63)45(29-62)80-56)53-44(78-49)25-43-52(81-53)31(3)14-18-59(7)47(77-43)28-46-60(8,86-59)19-15-33-34(76-46)22-36-35(73-33)23-37-38(74-36)24-42-39(75-37)26-48(85-88(69,70)71)58(6,83-42)16-11-20-72-87(66,67)68;;/h10,13,17,31,33-56,62-65H,1-2,4,11-12,14-16,18-29H2,3,5-9H3,(H,66,67,68)(H,69,70,71);;/q;2*+1/p-2/b17-13+;;/t31-,33?,34?,35?,36?,37?,38?,39?,40?,41?,42?,43?,44?,45-,46?,47?,48?,49?,50?,51?,52?,53?,54?,55?,56+,57+,58+,59-,60+,61-;;/m0../s1. The van der Waals surface area contributed by atoms with Crippen molar-refractivity contribution in [2.45, 2.75) is 313 Å². The molecule has 498 valence electrons. The summed E-state index contributed by atoms with van der Waals surface area (Å²) in [4.78, 5) is 0. The van der Waals surface area contributed by atoms with Crippen molar-refractivity contribution < 1.29 is 175 Å². The summed E-state index contributed by atoms with van der Waals surface area (Å²) in [5.41, 5.74) is -4.09. The quantitative estimate of drug-likeness (QED) is 0.0322. The Morgan fingerprint density at radius 2 is 1.28 bits per heavy atom. The van der Waals surface area contributed by atoms with Crippen LogP contribution < -0.4 is 59.1 Å². The summed E-state index contributed by atoms with van der Waals surface area (Å²) in [6.07, 6.45) is -5.42. The predicted molar refractivity (Wildman–Crippen MR) is 303 cm³/mol. The molecule has 0 amide bonds. The average Bonchev–Trinajstić information content (AvgIpc) is 0.880. The van der Waals surface area contributed by atoms with Crippen LogP contribution in [0.3, 0.4) is 0 Å². The molecule has 90 heavy (non-hydrogen) atoms. The smallest absolute Gasteiger partial charge is 0.726 e. The van der Waals surface area contributed by atoms with Crippen molar-refractivity contribution in [2.75, 3.05) is 13.2 Å². The van der Waals surface area contributed by atoms with Gasteiger partial charge in [0.05, 0.1) is 128 Å². The predicted octanol–water partition coefficient (Wildman–Crippen LogP) is -2.76. The number of aliphatic hydroxyl groups excluding tert-OH is 3. The maximum atomic E-state index is 11.9. The third-order valence-corrected chi connectivity index (χ3v) is 22.5. The molecule has 0 spiro atoms. The van der Waals surface area contributed by atoms with E-state index in [4.69, 9.17) is 65.8 Å². The van der Waals surface area contributed by atoms with Crippen LogP contribution in [-0.2, 0) is 90.7 Å². The van der Waals surface area contributed by atoms with E-state index in [9.17, 15) is 46.4 Å². The third-order valence-electron chi connectivity index (χ3n) is 21.6. The largest absolute Gasteiger partial charge is 1.00 e. The number of fused-ring (bicyclic) bond motifs is 10. The zero-order valence-electron chi connectivity index (χ0n) is 53.0. The number of aliphatic hydroxyl groups is 4. The summed E-state index contributed by atoms with van der Waals surface area (Å²) < 4.78 is 169. The van der Waals surface area contributed by atoms with Crippen LogP contribution in [0.1, 0.15) is 138 Å². The van der Waals surface area contributed by atoms with Gasteiger partial charge in [0.25, 0.3) is 0 Å². The molecule has 12 saturated heterocycles. The maximum Gasteiger partial charge on any atom is 1.00 e. The Hall–Kier alpha value is 0.0200. The van der Waals surface area contributed by atoms with Crippen LogP contribution in [0.15, 0.2) is 49.1 Å². The van der Waals surface area contributed by atoms with Crippen LogP contribution in [-0.4, -0.2) is 234 Å². The second kappa shape index (κ2) is 27.6. The topological polar surface area (TPSA) is 334 Å². The molecule has 0 aromatic rings. The van der Waals surface area contributed by atoms with E-state index in [2.05, 4.69) is 44.7 Å². The van der Waals surface area contributed by atoms with Gasteiger partial charge in [0.15, 0.2) is 6.29 Å². The van der Waals surface area contributed by atoms with Crippen LogP contribution in [0, 0.1) is 5.92 Å². The first kappa shape index (κ1) is 72.8. The molecule has 22 unspecified atom stereocenters. The first-order valence-electron chi connectivity index (χ1n) is 31.6. The van der Waals surface area contributed by atoms with Gasteiger partial charge in [-0.1, -0.05) is 43.9 Å². The summed E-state index contributed by atoms with van der Waals surface area (Å²) in [5, 5.41) is 44.2. The number of ether oxygens (including phenoxy) is 13. The second-order valence-electron chi connectivity index (χ2n) is 28.2. The normalized spacial score (nSPS) is 49.7. The molecule has 0 radical (unpaired) electrons. The number of hydrogen-bond acceptors (Lipinski definition) is 25. The summed E-state index contributed by atoms with van der Waals surface area (Å²) >= 11 is 0. The van der Waals surface area contributed by atoms with Crippen molar-refractivity contribution in [1.29, 1.82) is 0 Å². The number of allylic oxidation sites excluding steroid dienone is 3. The fraction of sp³-hybridized carbons (Fsp3) is 0.869. The van der Waals surface area contributed by atoms with E-state index >= 15 is 0 Å². The Balaban J connectivity index is 0.00000445. The molecule has 0 aliphatic carbocycles. The van der Waals surface area contributed by atoms with Crippen molar-refractivity contribution in [3.63, 3.8) is 0 Å². The molecule has 12 rings (SSSR count). The molecule has 4 N–H and O–H groups in total. The van der Waals surface area contributed by atoms with E-state index in [1.165, 1.54) is 0 Å². The molecule has 0 bridgehead atoms. The van der Waals surface area contributed by atoms with Crippen molar-refractivity contribution in [3.05, 3.63) is 49.1 Å². The monoisotopic (exact) mass is 1330 g/mol. The summed E-state index contributed by atoms with van der Waals surface area (Å²) in [7, 11) is -10.2. The van der Waals surface area contributed by atoms with Crippen LogP contribution >= 0.6 is 0 Å². The summed E-state index contributed by atoms with van der Waals surface area (Å²) in [5.74, 6) is -0.0440. The molecule has 12 aliphatic rings. The van der Waals surface area contributed by atoms with Gasteiger partial charge in [-0.25, -0.2) is 16.8 Å². The van der Waals surface area contributed by atoms with E-state index in [1.807, 2.05) is 6.92 Å². The van der Waals surface area contributed by atoms with Gasteiger partial charge < -0.3 is 91.1 Å². The van der Waals surface area contributed by atoms with Gasteiger partial charge in [-0.05, 0) is 97.5 Å². The van der Waals surface area contributed by atoms with Crippen LogP contribution in [0.2, 0.25) is 0 Å². The molecular weight excluding hydrogens is 1240 g/mol. The van der Waals surface area contributed by atoms with Crippen LogP contribution in [0.25, 0.3) is 0 Å². The van der Waals surface area contributed by atoms with E-state index in [1.54, 1.807) is 32.1 Å². The molecule has 12 heterocycles. The number of hydrogen-bond donors (Lipinski definition) is 4. The van der Waals surface area contributed by atoms with Crippen molar-refractivity contribution in [2.24, 2.45) is 5.92 Å². The Morgan fingerprint density at radius 3 is 1.91 bits per heavy atom. The van der Waals surface area contributed by atoms with Gasteiger partial charge in [0, 0.05) is 44.9 Å². The van der Waals surface area contributed by atoms with Gasteiger partial charge in [0.2, 0.25) is 20.8 Å². The van der Waals surface area contributed by atoms with Crippen LogP contribution in [0.4, 0.5) is 0 Å². The molecular formula is C61H90Na2O25S2. The van der Waals surface area contributed by atoms with E-state index in [-0.39, 0.29) is 109 Å². The van der Waals surface area contributed by atoms with Crippen LogP contribution in [0.5, 0.6) is 0 Å². The maximum absolute atomic E-state index is 11.9. The fourth-order valence-electron chi connectivity index (χ4n) is 16.8. The zero-order chi connectivity index (χ0) is 62.8. The van der Waals surface area contributed by atoms with Crippen molar-refractivity contribution >= 4 is 20.8 Å². The summed E-state index contributed by atoms with van der Waals surface area (Å²) in [6.45, 7) is 22.7. The van der Waals surface area contributed by atoms with Crippen molar-refractivity contribution in [1.82, 2.24) is 0 Å². The molecule has 12 aliphatic heterocycles. The molecule has 0 saturated carbocycles. The Labute approximate surface area is 572 Å². The van der Waals surface area contributed by atoms with E-state index < -0.39 is 184 Å². The first-order valence-corrected chi connectivity index (χ1v) is 34.2. The van der Waals surface area contributed by atoms with E-state index in [0.29, 0.717) is 76.2 Å². The average molecular weight is 1330 g/mol. The Kier molecular flexibility index (Phi) is 22.3. The molecule has 29 heteroatoms. The van der Waals surface area contributed by atoms with Gasteiger partial charge in [0.1, 0.15) is 53.9 Å². The zero-order valence-corrected chi connectivity index (χ0v) is 58.6. The Bertz CT molecular complexity index is 2850. The minimum absolute atomic E-state index is 0. The number of rotatable bonds is 15. The third kappa shape index (κ3) is 14.7. The molecule has 30 atom stereocenters.